The van der Waals surface area contributed by atoms with Crippen molar-refractivity contribution in [3.63, 3.8) is 0 Å². The number of rotatable bonds is 5. The molecule has 0 saturated heterocycles. The van der Waals surface area contributed by atoms with Crippen LogP contribution in [0, 0.1) is 0 Å². The highest BCUT2D eigenvalue weighted by Crippen LogP contribution is 2.10. The molecule has 0 fully saturated rings. The van der Waals surface area contributed by atoms with E-state index in [1.807, 2.05) is 6.07 Å². The Morgan fingerprint density at radius 3 is 2.87 bits per heavy atom. The smallest absolute Gasteiger partial charge is 0.164 e. The monoisotopic (exact) mass is 209 g/mol. The number of alkyl halides is 1. The molecule has 15 heavy (non-hydrogen) atoms. The maximum atomic E-state index is 12.8. The summed E-state index contributed by atoms with van der Waals surface area (Å²) >= 11 is 0. The van der Waals surface area contributed by atoms with Crippen LogP contribution in [-0.4, -0.2) is 18.5 Å². The van der Waals surface area contributed by atoms with Crippen molar-refractivity contribution in [3.8, 4) is 0 Å². The molecule has 3 heteroatoms. The summed E-state index contributed by atoms with van der Waals surface area (Å²) in [5.74, 6) is 0.0193. The lowest BCUT2D eigenvalue weighted by Gasteiger charge is -2.04. The van der Waals surface area contributed by atoms with E-state index in [4.69, 9.17) is 5.73 Å². The lowest BCUT2D eigenvalue weighted by Crippen LogP contribution is -2.08. The predicted molar refractivity (Wildman–Crippen MR) is 58.7 cm³/mol. The van der Waals surface area contributed by atoms with Crippen molar-refractivity contribution in [3.05, 3.63) is 35.4 Å². The molecule has 0 aliphatic heterocycles. The normalized spacial score (nSPS) is 12.5. The fraction of sp³-hybridized carbons (Fsp3) is 0.417. The van der Waals surface area contributed by atoms with Gasteiger partial charge in [-0.2, -0.15) is 0 Å². The first-order chi connectivity index (χ1) is 7.13. The van der Waals surface area contributed by atoms with E-state index in [1.54, 1.807) is 18.2 Å². The molecular weight excluding hydrogens is 193 g/mol. The molecule has 0 heterocycles. The number of nitrogens with two attached hydrogens (primary N) is 1. The maximum absolute atomic E-state index is 12.8. The third-order valence-corrected chi connectivity index (χ3v) is 2.14. The van der Waals surface area contributed by atoms with Crippen LogP contribution in [0.5, 0.6) is 0 Å². The van der Waals surface area contributed by atoms with Crippen LogP contribution in [0.1, 0.15) is 29.3 Å². The summed E-state index contributed by atoms with van der Waals surface area (Å²) < 4.78 is 12.8. The highest BCUT2D eigenvalue weighted by molar-refractivity contribution is 5.96. The highest BCUT2D eigenvalue weighted by atomic mass is 19.1. The Morgan fingerprint density at radius 1 is 1.53 bits per heavy atom. The Kier molecular flexibility index (Phi) is 4.43. The molecule has 82 valence electrons. The van der Waals surface area contributed by atoms with Gasteiger partial charge in [0, 0.05) is 18.4 Å². The Morgan fingerprint density at radius 2 is 2.27 bits per heavy atom. The summed E-state index contributed by atoms with van der Waals surface area (Å²) in [5.41, 5.74) is 6.78. The van der Waals surface area contributed by atoms with E-state index < -0.39 is 6.17 Å². The number of carbonyl (C=O) groups is 1. The van der Waals surface area contributed by atoms with Crippen molar-refractivity contribution in [2.75, 3.05) is 6.54 Å². The first kappa shape index (κ1) is 11.9. The quantitative estimate of drug-likeness (QED) is 0.755. The Bertz CT molecular complexity index is 336. The lowest BCUT2D eigenvalue weighted by molar-refractivity contribution is 0.0985. The molecule has 0 radical (unpaired) electrons. The van der Waals surface area contributed by atoms with E-state index in [0.29, 0.717) is 24.9 Å². The number of halogens is 1. The minimum absolute atomic E-state index is 0.0193. The summed E-state index contributed by atoms with van der Waals surface area (Å²) in [4.78, 5) is 11.5. The minimum Gasteiger partial charge on any atom is -0.330 e. The molecule has 0 saturated carbocycles. The van der Waals surface area contributed by atoms with E-state index in [-0.39, 0.29) is 5.78 Å². The minimum atomic E-state index is -0.884. The molecule has 2 nitrogen and oxygen atoms in total. The zero-order chi connectivity index (χ0) is 11.3. The van der Waals surface area contributed by atoms with Crippen LogP contribution in [0.25, 0.3) is 0 Å². The average Bonchev–Trinajstić information content (AvgIpc) is 2.17. The molecule has 2 N–H and O–H groups in total. The predicted octanol–water partition coefficient (Wildman–Crippen LogP) is 2.12. The van der Waals surface area contributed by atoms with Crippen LogP contribution in [0.2, 0.25) is 0 Å². The fourth-order valence-electron chi connectivity index (χ4n) is 1.47. The van der Waals surface area contributed by atoms with Crippen LogP contribution in [0.4, 0.5) is 4.39 Å². The largest absolute Gasteiger partial charge is 0.330 e. The van der Waals surface area contributed by atoms with Crippen molar-refractivity contribution in [2.24, 2.45) is 5.73 Å². The summed E-state index contributed by atoms with van der Waals surface area (Å²) in [6.45, 7) is 1.86. The summed E-state index contributed by atoms with van der Waals surface area (Å²) in [6, 6.07) is 7.09. The van der Waals surface area contributed by atoms with Crippen LogP contribution in [0.3, 0.4) is 0 Å². The van der Waals surface area contributed by atoms with Crippen molar-refractivity contribution in [1.29, 1.82) is 0 Å². The van der Waals surface area contributed by atoms with Gasteiger partial charge in [0.2, 0.25) is 0 Å². The maximum Gasteiger partial charge on any atom is 0.164 e. The number of hydrogen-bond acceptors (Lipinski definition) is 2. The van der Waals surface area contributed by atoms with Gasteiger partial charge in [-0.1, -0.05) is 18.2 Å². The lowest BCUT2D eigenvalue weighted by atomic mass is 10.0. The second-order valence-corrected chi connectivity index (χ2v) is 3.65. The number of hydrogen-bond donors (Lipinski definition) is 1. The standard InChI is InChI=1S/C12H16FNO/c1-9(13)7-10-3-2-4-11(8-10)12(15)5-6-14/h2-4,8-9H,5-7,14H2,1H3. The van der Waals surface area contributed by atoms with Gasteiger partial charge in [0.05, 0.1) is 0 Å². The number of benzene rings is 1. The molecule has 1 aromatic carbocycles. The van der Waals surface area contributed by atoms with Crippen LogP contribution in [-0.2, 0) is 6.42 Å². The molecule has 1 aromatic rings. The summed E-state index contributed by atoms with van der Waals surface area (Å²) in [6.07, 6.45) is -0.192. The molecule has 1 rings (SSSR count). The first-order valence-corrected chi connectivity index (χ1v) is 5.09. The van der Waals surface area contributed by atoms with Crippen LogP contribution >= 0.6 is 0 Å². The molecule has 0 aliphatic carbocycles. The Balaban J connectivity index is 2.78. The van der Waals surface area contributed by atoms with Crippen molar-refractivity contribution in [1.82, 2.24) is 0 Å². The molecule has 0 spiro atoms. The van der Waals surface area contributed by atoms with Gasteiger partial charge in [-0.25, -0.2) is 4.39 Å². The molecule has 1 atom stereocenters. The van der Waals surface area contributed by atoms with E-state index >= 15 is 0 Å². The van der Waals surface area contributed by atoms with Gasteiger partial charge in [-0.05, 0) is 25.1 Å². The second-order valence-electron chi connectivity index (χ2n) is 3.65. The van der Waals surface area contributed by atoms with Crippen molar-refractivity contribution >= 4 is 5.78 Å². The SMILES string of the molecule is CC(F)Cc1cccc(C(=O)CCN)c1. The van der Waals surface area contributed by atoms with Crippen LogP contribution < -0.4 is 5.73 Å². The van der Waals surface area contributed by atoms with E-state index in [0.717, 1.165) is 5.56 Å². The Labute approximate surface area is 89.3 Å². The number of Topliss-reactive ketones (excluding diaryl/α,β-unsaturated/α-hetero) is 1. The van der Waals surface area contributed by atoms with Gasteiger partial charge < -0.3 is 5.73 Å². The molecular formula is C12H16FNO. The second kappa shape index (κ2) is 5.61. The average molecular weight is 209 g/mol. The summed E-state index contributed by atoms with van der Waals surface area (Å²) in [5, 5.41) is 0. The fourth-order valence-corrected chi connectivity index (χ4v) is 1.47. The van der Waals surface area contributed by atoms with Crippen LogP contribution in [0.15, 0.2) is 24.3 Å². The van der Waals surface area contributed by atoms with E-state index in [1.165, 1.54) is 6.92 Å². The zero-order valence-electron chi connectivity index (χ0n) is 8.87. The van der Waals surface area contributed by atoms with Gasteiger partial charge >= 0.3 is 0 Å². The summed E-state index contributed by atoms with van der Waals surface area (Å²) in [7, 11) is 0. The van der Waals surface area contributed by atoms with Crippen molar-refractivity contribution in [2.45, 2.75) is 25.9 Å². The molecule has 0 aromatic heterocycles. The molecule has 0 aliphatic rings. The van der Waals surface area contributed by atoms with Gasteiger partial charge in [0.15, 0.2) is 5.78 Å². The topological polar surface area (TPSA) is 43.1 Å². The number of carbonyl (C=O) groups excluding carboxylic acids is 1. The van der Waals surface area contributed by atoms with Gasteiger partial charge in [0.25, 0.3) is 0 Å². The third-order valence-electron chi connectivity index (χ3n) is 2.14. The van der Waals surface area contributed by atoms with Gasteiger partial charge in [-0.15, -0.1) is 0 Å². The number of ketones is 1. The van der Waals surface area contributed by atoms with Gasteiger partial charge in [-0.3, -0.25) is 4.79 Å². The zero-order valence-corrected chi connectivity index (χ0v) is 8.87. The van der Waals surface area contributed by atoms with E-state index in [9.17, 15) is 9.18 Å². The third kappa shape index (κ3) is 3.80. The van der Waals surface area contributed by atoms with Crippen molar-refractivity contribution < 1.29 is 9.18 Å². The molecule has 0 bridgehead atoms. The van der Waals surface area contributed by atoms with E-state index in [2.05, 4.69) is 0 Å². The Hall–Kier alpha value is -1.22. The first-order valence-electron chi connectivity index (χ1n) is 5.09. The molecule has 0 amide bonds. The molecule has 1 unspecified atom stereocenters. The highest BCUT2D eigenvalue weighted by Gasteiger charge is 2.06. The van der Waals surface area contributed by atoms with Gasteiger partial charge in [0.1, 0.15) is 6.17 Å².